The van der Waals surface area contributed by atoms with Crippen molar-refractivity contribution < 1.29 is 17.9 Å². The number of anilines is 1. The van der Waals surface area contributed by atoms with Crippen LogP contribution in [0.3, 0.4) is 0 Å². The lowest BCUT2D eigenvalue weighted by Gasteiger charge is -2.54. The lowest BCUT2D eigenvalue weighted by Crippen LogP contribution is -2.61. The highest BCUT2D eigenvalue weighted by Crippen LogP contribution is 2.48. The third-order valence-electron chi connectivity index (χ3n) is 10.7. The number of nitrogens with one attached hydrogen (secondary N) is 1. The molecule has 2 saturated carbocycles. The van der Waals surface area contributed by atoms with E-state index in [1.54, 1.807) is 36.3 Å². The topological polar surface area (TPSA) is 113 Å². The van der Waals surface area contributed by atoms with E-state index in [-0.39, 0.29) is 16.8 Å². The van der Waals surface area contributed by atoms with E-state index in [1.807, 2.05) is 6.07 Å². The molecule has 2 aliphatic heterocycles. The summed E-state index contributed by atoms with van der Waals surface area (Å²) in [4.78, 5) is 26.4. The minimum absolute atomic E-state index is 0.144. The van der Waals surface area contributed by atoms with Gasteiger partial charge in [-0.25, -0.2) is 23.3 Å². The third-order valence-corrected chi connectivity index (χ3v) is 11.1. The highest BCUT2D eigenvalue weighted by Gasteiger charge is 2.46. The van der Waals surface area contributed by atoms with Crippen LogP contribution in [0, 0.1) is 23.1 Å². The predicted molar refractivity (Wildman–Crippen MR) is 176 cm³/mol. The first-order chi connectivity index (χ1) is 22.3. The zero-order valence-corrected chi connectivity index (χ0v) is 27.2. The summed E-state index contributed by atoms with van der Waals surface area (Å²) in [5.41, 5.74) is 2.41. The highest BCUT2D eigenvalue weighted by molar-refractivity contribution is 7.77. The van der Waals surface area contributed by atoms with E-state index < -0.39 is 11.3 Å². The van der Waals surface area contributed by atoms with Gasteiger partial charge in [0.25, 0.3) is 5.56 Å². The number of aromatic nitrogens is 3. The van der Waals surface area contributed by atoms with Crippen molar-refractivity contribution in [1.82, 2.24) is 24.2 Å². The lowest BCUT2D eigenvalue weighted by atomic mass is 9.71. The maximum absolute atomic E-state index is 14.7. The number of ether oxygens (including phenoxy) is 1. The summed E-state index contributed by atoms with van der Waals surface area (Å²) in [6.07, 6.45) is 12.2. The summed E-state index contributed by atoms with van der Waals surface area (Å²) >= 11 is -1.92. The molecule has 2 saturated heterocycles. The molecule has 2 N–H and O–H groups in total. The van der Waals surface area contributed by atoms with Crippen molar-refractivity contribution in [2.45, 2.75) is 57.3 Å². The number of halogens is 1. The molecule has 1 atom stereocenters. The molecule has 46 heavy (non-hydrogen) atoms. The van der Waals surface area contributed by atoms with E-state index in [2.05, 4.69) is 24.5 Å². The van der Waals surface area contributed by atoms with Crippen molar-refractivity contribution in [2.24, 2.45) is 24.3 Å². The SMILES string of the molecule is Cn1c(-c2cc(F)ccc2Oc2cncnc2N2CC3(CCN(CC4CCC(CNS(=O)O)CC4)CC3)C2)c(C2CC2)ccc1=O. The summed E-state index contributed by atoms with van der Waals surface area (Å²) < 4.78 is 45.3. The molecule has 1 unspecified atom stereocenters. The Balaban J connectivity index is 0.991. The van der Waals surface area contributed by atoms with Gasteiger partial charge in [0, 0.05) is 50.3 Å². The summed E-state index contributed by atoms with van der Waals surface area (Å²) in [6.45, 7) is 5.79. The van der Waals surface area contributed by atoms with Gasteiger partial charge in [-0.1, -0.05) is 6.07 Å². The normalized spacial score (nSPS) is 23.7. The fourth-order valence-electron chi connectivity index (χ4n) is 7.84. The molecule has 4 heterocycles. The minimum Gasteiger partial charge on any atom is -0.451 e. The Bertz CT molecular complexity index is 1640. The van der Waals surface area contributed by atoms with Crippen molar-refractivity contribution in [2.75, 3.05) is 44.2 Å². The Labute approximate surface area is 271 Å². The van der Waals surface area contributed by atoms with Crippen LogP contribution in [0.1, 0.15) is 62.8 Å². The molecule has 4 fully saturated rings. The number of hydrogen-bond donors (Lipinski definition) is 2. The number of nitrogens with zero attached hydrogens (tertiary/aromatic N) is 5. The van der Waals surface area contributed by atoms with Crippen molar-refractivity contribution in [3.05, 3.63) is 64.6 Å². The van der Waals surface area contributed by atoms with Crippen molar-refractivity contribution in [1.29, 1.82) is 0 Å². The van der Waals surface area contributed by atoms with Crippen LogP contribution in [-0.4, -0.2) is 67.5 Å². The van der Waals surface area contributed by atoms with Crippen LogP contribution in [0.15, 0.2) is 47.7 Å². The van der Waals surface area contributed by atoms with E-state index in [9.17, 15) is 13.4 Å². The van der Waals surface area contributed by atoms with Crippen LogP contribution >= 0.6 is 0 Å². The molecule has 4 aliphatic rings. The monoisotopic (exact) mass is 650 g/mol. The molecule has 10 nitrogen and oxygen atoms in total. The van der Waals surface area contributed by atoms with E-state index >= 15 is 0 Å². The van der Waals surface area contributed by atoms with E-state index in [0.29, 0.717) is 47.1 Å². The molecule has 1 aromatic carbocycles. The Morgan fingerprint density at radius 3 is 2.50 bits per heavy atom. The van der Waals surface area contributed by atoms with Gasteiger partial charge < -0.3 is 19.1 Å². The molecule has 3 aromatic rings. The van der Waals surface area contributed by atoms with Gasteiger partial charge in [0.15, 0.2) is 11.6 Å². The number of likely N-dealkylation sites (tertiary alicyclic amines) is 1. The maximum Gasteiger partial charge on any atom is 0.250 e. The molecule has 1 spiro atoms. The minimum atomic E-state index is -1.92. The first-order valence-corrected chi connectivity index (χ1v) is 17.7. The van der Waals surface area contributed by atoms with Gasteiger partial charge in [-0.3, -0.25) is 9.35 Å². The zero-order chi connectivity index (χ0) is 31.8. The first-order valence-electron chi connectivity index (χ1n) is 16.6. The largest absolute Gasteiger partial charge is 0.451 e. The molecule has 0 bridgehead atoms. The lowest BCUT2D eigenvalue weighted by molar-refractivity contribution is 0.0605. The average molecular weight is 651 g/mol. The van der Waals surface area contributed by atoms with E-state index in [0.717, 1.165) is 82.6 Å². The van der Waals surface area contributed by atoms with Gasteiger partial charge in [0.05, 0.1) is 11.9 Å². The van der Waals surface area contributed by atoms with E-state index in [4.69, 9.17) is 9.29 Å². The van der Waals surface area contributed by atoms with Crippen LogP contribution < -0.4 is 19.9 Å². The second-order valence-electron chi connectivity index (χ2n) is 13.9. The maximum atomic E-state index is 14.7. The van der Waals surface area contributed by atoms with Crippen LogP contribution in [-0.2, 0) is 18.3 Å². The predicted octanol–water partition coefficient (Wildman–Crippen LogP) is 5.09. The van der Waals surface area contributed by atoms with Crippen LogP contribution in [0.25, 0.3) is 11.3 Å². The van der Waals surface area contributed by atoms with Crippen LogP contribution in [0.2, 0.25) is 0 Å². The number of benzene rings is 1. The quantitative estimate of drug-likeness (QED) is 0.292. The van der Waals surface area contributed by atoms with Gasteiger partial charge in [0.1, 0.15) is 17.9 Å². The molecule has 2 aromatic heterocycles. The van der Waals surface area contributed by atoms with Crippen molar-refractivity contribution in [3.8, 4) is 22.8 Å². The molecule has 0 amide bonds. The zero-order valence-electron chi connectivity index (χ0n) is 26.4. The Morgan fingerprint density at radius 2 is 1.78 bits per heavy atom. The fraction of sp³-hybridized carbons (Fsp3) is 0.559. The highest BCUT2D eigenvalue weighted by atomic mass is 32.2. The molecule has 246 valence electrons. The van der Waals surface area contributed by atoms with Gasteiger partial charge in [-0.2, -0.15) is 0 Å². The smallest absolute Gasteiger partial charge is 0.250 e. The fourth-order valence-corrected chi connectivity index (χ4v) is 8.22. The van der Waals surface area contributed by atoms with Gasteiger partial charge in [-0.05, 0) is 106 Å². The first kappa shape index (κ1) is 31.4. The average Bonchev–Trinajstić information content (AvgIpc) is 3.88. The summed E-state index contributed by atoms with van der Waals surface area (Å²) in [7, 11) is 1.73. The van der Waals surface area contributed by atoms with Crippen LogP contribution in [0.4, 0.5) is 10.2 Å². The molecule has 12 heteroatoms. The van der Waals surface area contributed by atoms with Gasteiger partial charge >= 0.3 is 0 Å². The van der Waals surface area contributed by atoms with Crippen molar-refractivity contribution in [3.63, 3.8) is 0 Å². The number of hydrogen-bond acceptors (Lipinski definition) is 7. The number of pyridine rings is 1. The third kappa shape index (κ3) is 6.76. The molecular formula is C34H43FN6O4S. The Morgan fingerprint density at radius 1 is 1.04 bits per heavy atom. The summed E-state index contributed by atoms with van der Waals surface area (Å²) in [5.74, 6) is 2.90. The van der Waals surface area contributed by atoms with Gasteiger partial charge in [-0.15, -0.1) is 0 Å². The standard InChI is InChI=1S/C34H43FN6O4S/c1-39-31(42)11-9-27(25-6-7-25)32(39)28-16-26(35)8-10-29(28)45-30-18-36-22-37-33(30)41-20-34(21-41)12-14-40(15-13-34)19-24-4-2-23(3-5-24)17-38-46(43)44/h8-11,16,18,22-25,38H,2-7,12-15,17,19-21H2,1H3,(H,43,44). The van der Waals surface area contributed by atoms with Crippen molar-refractivity contribution >= 4 is 17.1 Å². The molecule has 2 aliphatic carbocycles. The second-order valence-corrected chi connectivity index (χ2v) is 14.7. The summed E-state index contributed by atoms with van der Waals surface area (Å²) in [5, 5.41) is 0. The van der Waals surface area contributed by atoms with E-state index in [1.165, 1.54) is 25.0 Å². The number of piperidine rings is 1. The van der Waals surface area contributed by atoms with Gasteiger partial charge in [0.2, 0.25) is 11.3 Å². The molecule has 7 rings (SSSR count). The summed E-state index contributed by atoms with van der Waals surface area (Å²) in [6, 6.07) is 7.93. The molecular weight excluding hydrogens is 607 g/mol. The second kappa shape index (κ2) is 13.1. The molecule has 0 radical (unpaired) electrons. The van der Waals surface area contributed by atoms with Crippen LogP contribution in [0.5, 0.6) is 11.5 Å². The Hall–Kier alpha value is -3.19. The number of rotatable bonds is 10. The Kier molecular flexibility index (Phi) is 8.97.